The highest BCUT2D eigenvalue weighted by atomic mass is 16.7. The molecule has 0 aliphatic carbocycles. The molecule has 0 radical (unpaired) electrons. The van der Waals surface area contributed by atoms with E-state index in [0.717, 1.165) is 11.3 Å². The third-order valence-corrected chi connectivity index (χ3v) is 1.44. The summed E-state index contributed by atoms with van der Waals surface area (Å²) in [7, 11) is 1.58. The van der Waals surface area contributed by atoms with E-state index in [0.29, 0.717) is 6.61 Å². The first-order valence-corrected chi connectivity index (χ1v) is 3.85. The number of hydrogen-bond acceptors (Lipinski definition) is 3. The summed E-state index contributed by atoms with van der Waals surface area (Å²) in [4.78, 5) is 4.10. The van der Waals surface area contributed by atoms with E-state index in [4.69, 9.17) is 15.9 Å². The average molecular weight is 177 g/mol. The second-order valence-electron chi connectivity index (χ2n) is 2.44. The minimum absolute atomic E-state index is 0.276. The molecule has 1 heterocycles. The number of ether oxygens (including phenoxy) is 2. The van der Waals surface area contributed by atoms with Gasteiger partial charge in [-0.15, -0.1) is 6.42 Å². The van der Waals surface area contributed by atoms with E-state index in [1.54, 1.807) is 13.3 Å². The van der Waals surface area contributed by atoms with Crippen LogP contribution in [0.4, 0.5) is 0 Å². The zero-order valence-corrected chi connectivity index (χ0v) is 7.49. The Morgan fingerprint density at radius 3 is 2.92 bits per heavy atom. The SMILES string of the molecule is C#Cc1ccc(COCOC)nc1. The zero-order chi connectivity index (χ0) is 9.52. The Hall–Kier alpha value is -1.37. The predicted molar refractivity (Wildman–Crippen MR) is 48.8 cm³/mol. The number of methoxy groups -OCH3 is 1. The molecule has 0 bridgehead atoms. The Morgan fingerprint density at radius 2 is 2.38 bits per heavy atom. The van der Waals surface area contributed by atoms with Gasteiger partial charge in [-0.25, -0.2) is 0 Å². The molecule has 0 spiro atoms. The molecule has 0 N–H and O–H groups in total. The highest BCUT2D eigenvalue weighted by molar-refractivity contribution is 5.29. The van der Waals surface area contributed by atoms with Crippen molar-refractivity contribution >= 4 is 0 Å². The topological polar surface area (TPSA) is 31.4 Å². The van der Waals surface area contributed by atoms with Crippen LogP contribution in [0.5, 0.6) is 0 Å². The maximum atomic E-state index is 5.18. The fourth-order valence-electron chi connectivity index (χ4n) is 0.825. The lowest BCUT2D eigenvalue weighted by Crippen LogP contribution is -1.98. The summed E-state index contributed by atoms with van der Waals surface area (Å²) >= 11 is 0. The quantitative estimate of drug-likeness (QED) is 0.393. The molecule has 1 rings (SSSR count). The molecule has 0 amide bonds. The van der Waals surface area contributed by atoms with E-state index in [1.165, 1.54) is 0 Å². The number of rotatable bonds is 4. The van der Waals surface area contributed by atoms with Crippen LogP contribution < -0.4 is 0 Å². The van der Waals surface area contributed by atoms with Gasteiger partial charge in [0.05, 0.1) is 12.3 Å². The molecule has 0 saturated carbocycles. The van der Waals surface area contributed by atoms with Crippen LogP contribution in [0.3, 0.4) is 0 Å². The van der Waals surface area contributed by atoms with Crippen molar-refractivity contribution in [2.45, 2.75) is 6.61 Å². The van der Waals surface area contributed by atoms with Crippen LogP contribution in [0, 0.1) is 12.3 Å². The van der Waals surface area contributed by atoms with Crippen LogP contribution >= 0.6 is 0 Å². The maximum absolute atomic E-state index is 5.18. The molecule has 0 atom stereocenters. The van der Waals surface area contributed by atoms with E-state index < -0.39 is 0 Å². The summed E-state index contributed by atoms with van der Waals surface area (Å²) < 4.78 is 9.83. The van der Waals surface area contributed by atoms with Crippen LogP contribution in [0.2, 0.25) is 0 Å². The van der Waals surface area contributed by atoms with E-state index in [-0.39, 0.29) is 6.79 Å². The highest BCUT2D eigenvalue weighted by Gasteiger charge is 1.93. The molecule has 3 nitrogen and oxygen atoms in total. The number of aromatic nitrogens is 1. The highest BCUT2D eigenvalue weighted by Crippen LogP contribution is 2.00. The predicted octanol–water partition coefficient (Wildman–Crippen LogP) is 1.18. The number of pyridine rings is 1. The molecule has 0 aromatic carbocycles. The van der Waals surface area contributed by atoms with Crippen molar-refractivity contribution in [1.29, 1.82) is 0 Å². The minimum atomic E-state index is 0.276. The molecule has 3 heteroatoms. The molecule has 68 valence electrons. The van der Waals surface area contributed by atoms with Gasteiger partial charge in [0.1, 0.15) is 6.79 Å². The van der Waals surface area contributed by atoms with Gasteiger partial charge in [-0.1, -0.05) is 5.92 Å². The summed E-state index contributed by atoms with van der Waals surface area (Å²) in [5.41, 5.74) is 1.62. The second-order valence-corrected chi connectivity index (χ2v) is 2.44. The fourth-order valence-corrected chi connectivity index (χ4v) is 0.825. The average Bonchev–Trinajstić information content (AvgIpc) is 2.19. The van der Waals surface area contributed by atoms with E-state index in [9.17, 15) is 0 Å². The van der Waals surface area contributed by atoms with Gasteiger partial charge in [-0.05, 0) is 12.1 Å². The molecule has 1 aromatic rings. The van der Waals surface area contributed by atoms with Crippen LogP contribution in [0.25, 0.3) is 0 Å². The van der Waals surface area contributed by atoms with E-state index >= 15 is 0 Å². The van der Waals surface area contributed by atoms with Crippen molar-refractivity contribution in [2.24, 2.45) is 0 Å². The first kappa shape index (κ1) is 9.72. The van der Waals surface area contributed by atoms with Crippen molar-refractivity contribution in [3.05, 3.63) is 29.6 Å². The lowest BCUT2D eigenvalue weighted by atomic mass is 10.3. The van der Waals surface area contributed by atoms with E-state index in [2.05, 4.69) is 10.9 Å². The lowest BCUT2D eigenvalue weighted by molar-refractivity contribution is -0.0400. The molecule has 1 aromatic heterocycles. The summed E-state index contributed by atoms with van der Waals surface area (Å²) in [6, 6.07) is 3.67. The Bertz CT molecular complexity index is 287. The van der Waals surface area contributed by atoms with Crippen molar-refractivity contribution in [1.82, 2.24) is 4.98 Å². The van der Waals surface area contributed by atoms with Crippen LogP contribution in [0.1, 0.15) is 11.3 Å². The maximum Gasteiger partial charge on any atom is 0.146 e. The third kappa shape index (κ3) is 3.24. The third-order valence-electron chi connectivity index (χ3n) is 1.44. The minimum Gasteiger partial charge on any atom is -0.359 e. The fraction of sp³-hybridized carbons (Fsp3) is 0.300. The van der Waals surface area contributed by atoms with Gasteiger partial charge in [-0.3, -0.25) is 4.98 Å². The van der Waals surface area contributed by atoms with Crippen molar-refractivity contribution in [3.63, 3.8) is 0 Å². The summed E-state index contributed by atoms with van der Waals surface area (Å²) in [5.74, 6) is 2.49. The van der Waals surface area contributed by atoms with Crippen LogP contribution in [-0.4, -0.2) is 18.9 Å². The van der Waals surface area contributed by atoms with Gasteiger partial charge >= 0.3 is 0 Å². The van der Waals surface area contributed by atoms with Crippen molar-refractivity contribution in [2.75, 3.05) is 13.9 Å². The van der Waals surface area contributed by atoms with Crippen LogP contribution in [-0.2, 0) is 16.1 Å². The Morgan fingerprint density at radius 1 is 1.54 bits per heavy atom. The van der Waals surface area contributed by atoms with Gasteiger partial charge in [-0.2, -0.15) is 0 Å². The first-order valence-electron chi connectivity index (χ1n) is 3.85. The Kier molecular flexibility index (Phi) is 3.97. The number of hydrogen-bond donors (Lipinski definition) is 0. The molecule has 0 aliphatic heterocycles. The molecule has 0 unspecified atom stereocenters. The van der Waals surface area contributed by atoms with Gasteiger partial charge in [0.15, 0.2) is 0 Å². The molecule has 13 heavy (non-hydrogen) atoms. The largest absolute Gasteiger partial charge is 0.359 e. The van der Waals surface area contributed by atoms with Crippen molar-refractivity contribution < 1.29 is 9.47 Å². The zero-order valence-electron chi connectivity index (χ0n) is 7.49. The number of nitrogens with zero attached hydrogens (tertiary/aromatic N) is 1. The van der Waals surface area contributed by atoms with Gasteiger partial charge < -0.3 is 9.47 Å². The smallest absolute Gasteiger partial charge is 0.146 e. The van der Waals surface area contributed by atoms with Crippen molar-refractivity contribution in [3.8, 4) is 12.3 Å². The molecule has 0 saturated heterocycles. The Balaban J connectivity index is 2.46. The first-order chi connectivity index (χ1) is 6.36. The van der Waals surface area contributed by atoms with Gasteiger partial charge in [0.25, 0.3) is 0 Å². The normalized spacial score (nSPS) is 9.54. The lowest BCUT2D eigenvalue weighted by Gasteiger charge is -2.01. The second kappa shape index (κ2) is 5.31. The summed E-state index contributed by atoms with van der Waals surface area (Å²) in [5, 5.41) is 0. The number of terminal acetylenes is 1. The molecular formula is C10H11NO2. The summed E-state index contributed by atoms with van der Waals surface area (Å²) in [6.45, 7) is 0.720. The summed E-state index contributed by atoms with van der Waals surface area (Å²) in [6.07, 6.45) is 6.82. The standard InChI is InChI=1S/C10H11NO2/c1-3-9-4-5-10(11-6-9)7-13-8-12-2/h1,4-6H,7-8H2,2H3. The molecular weight excluding hydrogens is 166 g/mol. The van der Waals surface area contributed by atoms with E-state index in [1.807, 2.05) is 12.1 Å². The Labute approximate surface area is 77.7 Å². The van der Waals surface area contributed by atoms with Crippen LogP contribution in [0.15, 0.2) is 18.3 Å². The van der Waals surface area contributed by atoms with Gasteiger partial charge in [0.2, 0.25) is 0 Å². The monoisotopic (exact) mass is 177 g/mol. The molecule has 0 fully saturated rings. The van der Waals surface area contributed by atoms with Gasteiger partial charge in [0, 0.05) is 18.9 Å². The molecule has 0 aliphatic rings.